The Morgan fingerprint density at radius 2 is 1.75 bits per heavy atom. The summed E-state index contributed by atoms with van der Waals surface area (Å²) >= 11 is 0. The van der Waals surface area contributed by atoms with Gasteiger partial charge in [-0.1, -0.05) is 13.3 Å². The third-order valence-electron chi connectivity index (χ3n) is 5.03. The molecule has 2 fully saturated rings. The Morgan fingerprint density at radius 3 is 2.19 bits per heavy atom. The molecule has 94 valence electrons. The van der Waals surface area contributed by atoms with Crippen LogP contribution in [0.25, 0.3) is 0 Å². The van der Waals surface area contributed by atoms with Gasteiger partial charge in [-0.25, -0.2) is 0 Å². The summed E-state index contributed by atoms with van der Waals surface area (Å²) in [5, 5.41) is 0. The maximum Gasteiger partial charge on any atom is 0.0329 e. The molecule has 0 amide bonds. The van der Waals surface area contributed by atoms with Crippen molar-refractivity contribution >= 4 is 0 Å². The standard InChI is InChI=1S/C14H28N2/c1-3-12-6-8-14(11-15,9-7-12)16(2)10-13-4-5-13/h12-13H,3-11,15H2,1-2H3. The minimum Gasteiger partial charge on any atom is -0.329 e. The highest BCUT2D eigenvalue weighted by Gasteiger charge is 2.39. The molecule has 0 radical (unpaired) electrons. The molecule has 2 saturated carbocycles. The van der Waals surface area contributed by atoms with E-state index in [1.54, 1.807) is 0 Å². The summed E-state index contributed by atoms with van der Waals surface area (Å²) in [4.78, 5) is 2.59. The van der Waals surface area contributed by atoms with E-state index in [0.29, 0.717) is 5.54 Å². The van der Waals surface area contributed by atoms with Crippen LogP contribution in [0.2, 0.25) is 0 Å². The first-order chi connectivity index (χ1) is 7.70. The van der Waals surface area contributed by atoms with E-state index in [2.05, 4.69) is 18.9 Å². The lowest BCUT2D eigenvalue weighted by Gasteiger charge is -2.46. The zero-order valence-electron chi connectivity index (χ0n) is 11.0. The van der Waals surface area contributed by atoms with Crippen LogP contribution >= 0.6 is 0 Å². The molecular weight excluding hydrogens is 196 g/mol. The smallest absolute Gasteiger partial charge is 0.0329 e. The highest BCUT2D eigenvalue weighted by Crippen LogP contribution is 2.39. The number of likely N-dealkylation sites (N-methyl/N-ethyl adjacent to an activating group) is 1. The molecule has 0 bridgehead atoms. The summed E-state index contributed by atoms with van der Waals surface area (Å²) in [6, 6.07) is 0. The number of nitrogens with zero attached hydrogens (tertiary/aromatic N) is 1. The Labute approximate surface area is 101 Å². The highest BCUT2D eigenvalue weighted by molar-refractivity contribution is 4.96. The second-order valence-electron chi connectivity index (χ2n) is 6.10. The van der Waals surface area contributed by atoms with Crippen LogP contribution in [0.1, 0.15) is 51.9 Å². The average Bonchev–Trinajstić information content (AvgIpc) is 3.13. The van der Waals surface area contributed by atoms with Gasteiger partial charge in [0.05, 0.1) is 0 Å². The van der Waals surface area contributed by atoms with Gasteiger partial charge < -0.3 is 5.73 Å². The largest absolute Gasteiger partial charge is 0.329 e. The molecule has 0 aromatic heterocycles. The number of hydrogen-bond donors (Lipinski definition) is 1. The SMILES string of the molecule is CCC1CCC(CN)(N(C)CC2CC2)CC1. The maximum atomic E-state index is 6.08. The minimum absolute atomic E-state index is 0.342. The fraction of sp³-hybridized carbons (Fsp3) is 1.00. The van der Waals surface area contributed by atoms with Crippen LogP contribution in [0.4, 0.5) is 0 Å². The Balaban J connectivity index is 1.90. The Hall–Kier alpha value is -0.0800. The molecule has 2 rings (SSSR count). The Bertz CT molecular complexity index is 215. The second kappa shape index (κ2) is 5.05. The van der Waals surface area contributed by atoms with E-state index in [1.807, 2.05) is 0 Å². The van der Waals surface area contributed by atoms with Gasteiger partial charge in [-0.3, -0.25) is 4.90 Å². The topological polar surface area (TPSA) is 29.3 Å². The summed E-state index contributed by atoms with van der Waals surface area (Å²) in [7, 11) is 2.30. The Morgan fingerprint density at radius 1 is 1.12 bits per heavy atom. The Kier molecular flexibility index (Phi) is 3.91. The van der Waals surface area contributed by atoms with Crippen molar-refractivity contribution in [3.63, 3.8) is 0 Å². The van der Waals surface area contributed by atoms with E-state index in [1.165, 1.54) is 51.5 Å². The molecule has 0 heterocycles. The van der Waals surface area contributed by atoms with Crippen LogP contribution in [0.15, 0.2) is 0 Å². The zero-order chi connectivity index (χ0) is 11.6. The van der Waals surface area contributed by atoms with E-state index in [0.717, 1.165) is 18.4 Å². The summed E-state index contributed by atoms with van der Waals surface area (Å²) in [5.74, 6) is 1.95. The van der Waals surface area contributed by atoms with Gasteiger partial charge in [-0.05, 0) is 57.4 Å². The van der Waals surface area contributed by atoms with Crippen molar-refractivity contribution in [1.29, 1.82) is 0 Å². The fourth-order valence-corrected chi connectivity index (χ4v) is 3.25. The van der Waals surface area contributed by atoms with Crippen molar-refractivity contribution in [2.24, 2.45) is 17.6 Å². The fourth-order valence-electron chi connectivity index (χ4n) is 3.25. The van der Waals surface area contributed by atoms with Crippen LogP contribution in [0.5, 0.6) is 0 Å². The van der Waals surface area contributed by atoms with E-state index in [9.17, 15) is 0 Å². The van der Waals surface area contributed by atoms with Crippen LogP contribution in [-0.2, 0) is 0 Å². The van der Waals surface area contributed by atoms with E-state index >= 15 is 0 Å². The van der Waals surface area contributed by atoms with Gasteiger partial charge in [0.25, 0.3) is 0 Å². The van der Waals surface area contributed by atoms with Crippen LogP contribution < -0.4 is 5.73 Å². The number of rotatable bonds is 5. The van der Waals surface area contributed by atoms with Crippen molar-refractivity contribution in [2.75, 3.05) is 20.1 Å². The van der Waals surface area contributed by atoms with Gasteiger partial charge in [-0.2, -0.15) is 0 Å². The molecule has 2 aliphatic rings. The van der Waals surface area contributed by atoms with Crippen molar-refractivity contribution in [1.82, 2.24) is 4.90 Å². The molecule has 2 nitrogen and oxygen atoms in total. The van der Waals surface area contributed by atoms with Crippen molar-refractivity contribution in [3.05, 3.63) is 0 Å². The monoisotopic (exact) mass is 224 g/mol. The second-order valence-corrected chi connectivity index (χ2v) is 6.10. The van der Waals surface area contributed by atoms with Crippen molar-refractivity contribution in [3.8, 4) is 0 Å². The first-order valence-corrected chi connectivity index (χ1v) is 7.11. The lowest BCUT2D eigenvalue weighted by atomic mass is 9.74. The number of nitrogens with two attached hydrogens (primary N) is 1. The minimum atomic E-state index is 0.342. The van der Waals surface area contributed by atoms with Crippen molar-refractivity contribution in [2.45, 2.75) is 57.4 Å². The van der Waals surface area contributed by atoms with Gasteiger partial charge in [0, 0.05) is 18.6 Å². The molecule has 0 aromatic rings. The van der Waals surface area contributed by atoms with Crippen molar-refractivity contribution < 1.29 is 0 Å². The molecule has 2 N–H and O–H groups in total. The quantitative estimate of drug-likeness (QED) is 0.778. The molecule has 0 spiro atoms. The zero-order valence-corrected chi connectivity index (χ0v) is 11.0. The molecule has 2 aliphatic carbocycles. The van der Waals surface area contributed by atoms with E-state index in [-0.39, 0.29) is 0 Å². The summed E-state index contributed by atoms with van der Waals surface area (Å²) < 4.78 is 0. The molecule has 0 aromatic carbocycles. The normalized spacial score (nSPS) is 35.6. The third kappa shape index (κ3) is 2.60. The van der Waals surface area contributed by atoms with Gasteiger partial charge in [0.2, 0.25) is 0 Å². The van der Waals surface area contributed by atoms with Gasteiger partial charge in [-0.15, -0.1) is 0 Å². The van der Waals surface area contributed by atoms with Crippen LogP contribution in [-0.4, -0.2) is 30.6 Å². The van der Waals surface area contributed by atoms with Gasteiger partial charge >= 0.3 is 0 Å². The molecule has 0 aliphatic heterocycles. The third-order valence-corrected chi connectivity index (χ3v) is 5.03. The lowest BCUT2D eigenvalue weighted by molar-refractivity contribution is 0.0603. The van der Waals surface area contributed by atoms with Gasteiger partial charge in [0.1, 0.15) is 0 Å². The molecule has 0 saturated heterocycles. The van der Waals surface area contributed by atoms with E-state index < -0.39 is 0 Å². The predicted molar refractivity (Wildman–Crippen MR) is 69.4 cm³/mol. The van der Waals surface area contributed by atoms with Crippen LogP contribution in [0.3, 0.4) is 0 Å². The molecule has 16 heavy (non-hydrogen) atoms. The maximum absolute atomic E-state index is 6.08. The summed E-state index contributed by atoms with van der Waals surface area (Å²) in [6.45, 7) is 4.47. The first kappa shape index (κ1) is 12.4. The van der Waals surface area contributed by atoms with E-state index in [4.69, 9.17) is 5.73 Å². The predicted octanol–water partition coefficient (Wildman–Crippen LogP) is 2.63. The van der Waals surface area contributed by atoms with Gasteiger partial charge in [0.15, 0.2) is 0 Å². The molecule has 2 heteroatoms. The highest BCUT2D eigenvalue weighted by atomic mass is 15.2. The molecular formula is C14H28N2. The summed E-state index contributed by atoms with van der Waals surface area (Å²) in [6.07, 6.45) is 9.68. The molecule has 0 unspecified atom stereocenters. The molecule has 0 atom stereocenters. The first-order valence-electron chi connectivity index (χ1n) is 7.11. The summed E-state index contributed by atoms with van der Waals surface area (Å²) in [5.41, 5.74) is 6.42. The number of hydrogen-bond acceptors (Lipinski definition) is 2. The van der Waals surface area contributed by atoms with Crippen LogP contribution in [0, 0.1) is 11.8 Å². The average molecular weight is 224 g/mol. The lowest BCUT2D eigenvalue weighted by Crippen LogP contribution is -2.54.